The molecule has 0 bridgehead atoms. The molecule has 3 aliphatic heterocycles. The maximum absolute atomic E-state index is 12.9. The van der Waals surface area contributed by atoms with Gasteiger partial charge in [0.05, 0.1) is 0 Å². The molecule has 4 rings (SSSR count). The molecule has 0 aromatic heterocycles. The van der Waals surface area contributed by atoms with Crippen LogP contribution >= 0.6 is 12.4 Å². The Labute approximate surface area is 149 Å². The number of hydrogen-bond donors (Lipinski definition) is 3. The molecule has 1 aromatic carbocycles. The number of hydrazine groups is 1. The van der Waals surface area contributed by atoms with E-state index in [9.17, 15) is 4.79 Å². The molecule has 0 spiro atoms. The fraction of sp³-hybridized carbons (Fsp3) is 0.611. The number of piperidine rings is 1. The molecule has 1 aromatic rings. The van der Waals surface area contributed by atoms with E-state index < -0.39 is 0 Å². The summed E-state index contributed by atoms with van der Waals surface area (Å²) in [5.41, 5.74) is 7.96. The van der Waals surface area contributed by atoms with Crippen LogP contribution in [0.3, 0.4) is 0 Å². The van der Waals surface area contributed by atoms with E-state index in [1.807, 2.05) is 0 Å². The van der Waals surface area contributed by atoms with Crippen molar-refractivity contribution in [2.24, 2.45) is 11.8 Å². The second-order valence-corrected chi connectivity index (χ2v) is 7.16. The number of fused-ring (bicyclic) bond motifs is 1. The standard InChI is InChI=1S/C18H26N4O.ClH/c23-18(17-15-11-19-8-6-16(15)20-21-17)22-9-7-14(12-22)10-13-4-2-1-3-5-13;/h1-5,14-17,19-21H,6-12H2;1H. The molecule has 3 fully saturated rings. The zero-order chi connectivity index (χ0) is 15.6. The Hall–Kier alpha value is -1.14. The molecule has 3 aliphatic rings. The van der Waals surface area contributed by atoms with Gasteiger partial charge >= 0.3 is 0 Å². The SMILES string of the molecule is Cl.O=C(C1NNC2CCNCC21)N1CCC(Cc2ccccc2)C1. The molecule has 5 nitrogen and oxygen atoms in total. The van der Waals surface area contributed by atoms with Crippen LogP contribution in [0.1, 0.15) is 18.4 Å². The first-order valence-electron chi connectivity index (χ1n) is 8.86. The van der Waals surface area contributed by atoms with E-state index in [0.29, 0.717) is 17.9 Å². The number of hydrogen-bond acceptors (Lipinski definition) is 4. The Kier molecular flexibility index (Phi) is 5.76. The Bertz CT molecular complexity index is 555. The summed E-state index contributed by atoms with van der Waals surface area (Å²) in [6.07, 6.45) is 3.29. The number of nitrogens with one attached hydrogen (secondary N) is 3. The summed E-state index contributed by atoms with van der Waals surface area (Å²) in [5, 5.41) is 3.42. The van der Waals surface area contributed by atoms with E-state index >= 15 is 0 Å². The van der Waals surface area contributed by atoms with Gasteiger partial charge in [-0.05, 0) is 37.3 Å². The van der Waals surface area contributed by atoms with Gasteiger partial charge in [-0.25, -0.2) is 5.43 Å². The summed E-state index contributed by atoms with van der Waals surface area (Å²) in [7, 11) is 0. The highest BCUT2D eigenvalue weighted by Crippen LogP contribution is 2.25. The van der Waals surface area contributed by atoms with Crippen molar-refractivity contribution >= 4 is 18.3 Å². The van der Waals surface area contributed by atoms with Gasteiger partial charge in [0, 0.05) is 31.6 Å². The van der Waals surface area contributed by atoms with Gasteiger partial charge in [0.2, 0.25) is 5.91 Å². The number of carbonyl (C=O) groups excluding carboxylic acids is 1. The summed E-state index contributed by atoms with van der Waals surface area (Å²) >= 11 is 0. The van der Waals surface area contributed by atoms with Crippen molar-refractivity contribution in [2.75, 3.05) is 26.2 Å². The highest BCUT2D eigenvalue weighted by molar-refractivity contribution is 5.85. The molecule has 0 saturated carbocycles. The van der Waals surface area contributed by atoms with Crippen molar-refractivity contribution in [3.8, 4) is 0 Å². The van der Waals surface area contributed by atoms with Crippen LogP contribution in [-0.4, -0.2) is 49.1 Å². The van der Waals surface area contributed by atoms with Crippen molar-refractivity contribution < 1.29 is 4.79 Å². The molecule has 1 amide bonds. The van der Waals surface area contributed by atoms with E-state index in [-0.39, 0.29) is 24.4 Å². The molecular weight excluding hydrogens is 324 g/mol. The third-order valence-corrected chi connectivity index (χ3v) is 5.61. The second kappa shape index (κ2) is 7.83. The smallest absolute Gasteiger partial charge is 0.241 e. The minimum absolute atomic E-state index is 0. The largest absolute Gasteiger partial charge is 0.341 e. The maximum Gasteiger partial charge on any atom is 0.241 e. The topological polar surface area (TPSA) is 56.4 Å². The Morgan fingerprint density at radius 2 is 2.00 bits per heavy atom. The van der Waals surface area contributed by atoms with E-state index in [2.05, 4.69) is 51.4 Å². The number of likely N-dealkylation sites (tertiary alicyclic amines) is 1. The monoisotopic (exact) mass is 350 g/mol. The minimum Gasteiger partial charge on any atom is -0.341 e. The van der Waals surface area contributed by atoms with Crippen LogP contribution in [-0.2, 0) is 11.2 Å². The lowest BCUT2D eigenvalue weighted by Crippen LogP contribution is -2.50. The highest BCUT2D eigenvalue weighted by Gasteiger charge is 2.43. The zero-order valence-corrected chi connectivity index (χ0v) is 14.7. The number of nitrogens with zero attached hydrogens (tertiary/aromatic N) is 1. The molecular formula is C18H27ClN4O. The van der Waals surface area contributed by atoms with E-state index in [1.54, 1.807) is 0 Å². The summed E-state index contributed by atoms with van der Waals surface area (Å²) in [6, 6.07) is 11.0. The maximum atomic E-state index is 12.9. The Morgan fingerprint density at radius 1 is 1.17 bits per heavy atom. The van der Waals surface area contributed by atoms with Gasteiger partial charge < -0.3 is 10.2 Å². The number of amides is 1. The first kappa shape index (κ1) is 17.7. The minimum atomic E-state index is -0.0664. The third kappa shape index (κ3) is 3.59. The van der Waals surface area contributed by atoms with Gasteiger partial charge in [-0.2, -0.15) is 0 Å². The lowest BCUT2D eigenvalue weighted by molar-refractivity contribution is -0.133. The van der Waals surface area contributed by atoms with Crippen molar-refractivity contribution in [2.45, 2.75) is 31.3 Å². The van der Waals surface area contributed by atoms with Crippen LogP contribution in [0.15, 0.2) is 30.3 Å². The van der Waals surface area contributed by atoms with Gasteiger partial charge in [-0.1, -0.05) is 30.3 Å². The molecule has 0 radical (unpaired) electrons. The number of rotatable bonds is 3. The molecule has 3 N–H and O–H groups in total. The average Bonchev–Trinajstić information content (AvgIpc) is 3.22. The number of carbonyl (C=O) groups is 1. The Balaban J connectivity index is 0.00000169. The molecule has 24 heavy (non-hydrogen) atoms. The highest BCUT2D eigenvalue weighted by atomic mass is 35.5. The summed E-state index contributed by atoms with van der Waals surface area (Å²) < 4.78 is 0. The predicted octanol–water partition coefficient (Wildman–Crippen LogP) is 0.954. The molecule has 4 unspecified atom stereocenters. The van der Waals surface area contributed by atoms with Crippen molar-refractivity contribution in [1.82, 2.24) is 21.1 Å². The summed E-state index contributed by atoms with van der Waals surface area (Å²) in [6.45, 7) is 3.78. The van der Waals surface area contributed by atoms with Gasteiger partial charge in [0.25, 0.3) is 0 Å². The molecule has 132 valence electrons. The molecule has 4 atom stereocenters. The molecule has 6 heteroatoms. The summed E-state index contributed by atoms with van der Waals surface area (Å²) in [4.78, 5) is 15.0. The molecule has 3 saturated heterocycles. The third-order valence-electron chi connectivity index (χ3n) is 5.61. The van der Waals surface area contributed by atoms with E-state index in [1.165, 1.54) is 5.56 Å². The van der Waals surface area contributed by atoms with Crippen molar-refractivity contribution in [3.63, 3.8) is 0 Å². The second-order valence-electron chi connectivity index (χ2n) is 7.16. The lowest BCUT2D eigenvalue weighted by atomic mass is 9.89. The fourth-order valence-corrected chi connectivity index (χ4v) is 4.30. The van der Waals surface area contributed by atoms with Gasteiger partial charge in [-0.3, -0.25) is 10.2 Å². The van der Waals surface area contributed by atoms with Crippen LogP contribution in [0.4, 0.5) is 0 Å². The van der Waals surface area contributed by atoms with Gasteiger partial charge in [0.1, 0.15) is 6.04 Å². The lowest BCUT2D eigenvalue weighted by Gasteiger charge is -2.29. The van der Waals surface area contributed by atoms with E-state index in [0.717, 1.165) is 45.4 Å². The number of halogens is 1. The first-order chi connectivity index (χ1) is 11.3. The van der Waals surface area contributed by atoms with E-state index in [4.69, 9.17) is 0 Å². The first-order valence-corrected chi connectivity index (χ1v) is 8.86. The van der Waals surface area contributed by atoms with Gasteiger partial charge in [0.15, 0.2) is 0 Å². The van der Waals surface area contributed by atoms with Gasteiger partial charge in [-0.15, -0.1) is 12.4 Å². The van der Waals surface area contributed by atoms with Crippen molar-refractivity contribution in [1.29, 1.82) is 0 Å². The van der Waals surface area contributed by atoms with Crippen LogP contribution in [0, 0.1) is 11.8 Å². The normalized spacial score (nSPS) is 32.2. The van der Waals surface area contributed by atoms with Crippen LogP contribution in [0.25, 0.3) is 0 Å². The van der Waals surface area contributed by atoms with Crippen molar-refractivity contribution in [3.05, 3.63) is 35.9 Å². The number of benzene rings is 1. The summed E-state index contributed by atoms with van der Waals surface area (Å²) in [5.74, 6) is 1.25. The van der Waals surface area contributed by atoms with Crippen LogP contribution in [0.2, 0.25) is 0 Å². The van der Waals surface area contributed by atoms with Crippen LogP contribution in [0.5, 0.6) is 0 Å². The zero-order valence-electron chi connectivity index (χ0n) is 13.9. The van der Waals surface area contributed by atoms with Crippen LogP contribution < -0.4 is 16.2 Å². The predicted molar refractivity (Wildman–Crippen MR) is 96.9 cm³/mol. The molecule has 3 heterocycles. The fourth-order valence-electron chi connectivity index (χ4n) is 4.30. The average molecular weight is 351 g/mol. The quantitative estimate of drug-likeness (QED) is 0.760. The Morgan fingerprint density at radius 3 is 2.83 bits per heavy atom. The molecule has 0 aliphatic carbocycles.